The largest absolute Gasteiger partial charge is 0.494 e. The van der Waals surface area contributed by atoms with E-state index in [1.54, 1.807) is 18.0 Å². The third kappa shape index (κ3) is 3.41. The van der Waals surface area contributed by atoms with Gasteiger partial charge in [-0.25, -0.2) is 13.5 Å². The minimum absolute atomic E-state index is 0.0546. The van der Waals surface area contributed by atoms with Crippen LogP contribution in [-0.2, 0) is 0 Å². The molecule has 8 heteroatoms. The van der Waals surface area contributed by atoms with Gasteiger partial charge in [0.1, 0.15) is 23.1 Å². The molecule has 0 saturated carbocycles. The molecule has 0 amide bonds. The lowest BCUT2D eigenvalue weighted by atomic mass is 10.1. The molecule has 32 heavy (non-hydrogen) atoms. The second-order valence-electron chi connectivity index (χ2n) is 6.90. The van der Waals surface area contributed by atoms with E-state index in [0.717, 1.165) is 29.4 Å². The summed E-state index contributed by atoms with van der Waals surface area (Å²) in [7, 11) is 1.59. The number of nitrogens with zero attached hydrogens (tertiary/aromatic N) is 4. The van der Waals surface area contributed by atoms with Crippen LogP contribution in [0.4, 0.5) is 8.78 Å². The number of ether oxygens (including phenoxy) is 1. The number of aromatic nitrogens is 4. The number of rotatable bonds is 5. The third-order valence-electron chi connectivity index (χ3n) is 4.96. The van der Waals surface area contributed by atoms with E-state index in [4.69, 9.17) is 9.26 Å². The molecule has 5 rings (SSSR count). The van der Waals surface area contributed by atoms with Gasteiger partial charge in [0.2, 0.25) is 5.82 Å². The van der Waals surface area contributed by atoms with E-state index < -0.39 is 11.6 Å². The van der Waals surface area contributed by atoms with Crippen molar-refractivity contribution in [3.8, 4) is 45.5 Å². The van der Waals surface area contributed by atoms with Crippen molar-refractivity contribution in [3.05, 3.63) is 90.6 Å². The molecule has 6 nitrogen and oxygen atoms in total. The fourth-order valence-electron chi connectivity index (χ4n) is 3.48. The van der Waals surface area contributed by atoms with Crippen molar-refractivity contribution in [2.24, 2.45) is 0 Å². The van der Waals surface area contributed by atoms with Crippen LogP contribution in [0.2, 0.25) is 0 Å². The predicted octanol–water partition coefficient (Wildman–Crippen LogP) is 5.54. The van der Waals surface area contributed by atoms with Crippen molar-refractivity contribution >= 4 is 0 Å². The van der Waals surface area contributed by atoms with E-state index >= 15 is 0 Å². The van der Waals surface area contributed by atoms with Crippen LogP contribution in [0.15, 0.2) is 83.5 Å². The molecule has 3 aromatic carbocycles. The zero-order valence-electron chi connectivity index (χ0n) is 16.9. The zero-order valence-corrected chi connectivity index (χ0v) is 16.9. The Kier molecular flexibility index (Phi) is 4.95. The number of benzene rings is 3. The van der Waals surface area contributed by atoms with Gasteiger partial charge in [-0.3, -0.25) is 0 Å². The maximum Gasteiger partial charge on any atom is 0.262 e. The van der Waals surface area contributed by atoms with E-state index in [2.05, 4.69) is 15.2 Å². The first-order chi connectivity index (χ1) is 15.7. The van der Waals surface area contributed by atoms with Gasteiger partial charge in [-0.15, -0.1) is 0 Å². The molecule has 0 atom stereocenters. The molecule has 158 valence electrons. The third-order valence-corrected chi connectivity index (χ3v) is 4.96. The fourth-order valence-corrected chi connectivity index (χ4v) is 3.48. The zero-order chi connectivity index (χ0) is 22.1. The van der Waals surface area contributed by atoms with Gasteiger partial charge in [0.25, 0.3) is 5.89 Å². The lowest BCUT2D eigenvalue weighted by Gasteiger charge is -2.12. The summed E-state index contributed by atoms with van der Waals surface area (Å²) in [6.07, 6.45) is 1.59. The van der Waals surface area contributed by atoms with Gasteiger partial charge >= 0.3 is 0 Å². The van der Waals surface area contributed by atoms with E-state index in [-0.39, 0.29) is 17.3 Å². The highest BCUT2D eigenvalue weighted by molar-refractivity contribution is 5.79. The van der Waals surface area contributed by atoms with Crippen LogP contribution in [0, 0.1) is 11.6 Å². The van der Waals surface area contributed by atoms with Crippen LogP contribution in [0.1, 0.15) is 0 Å². The van der Waals surface area contributed by atoms with Crippen LogP contribution >= 0.6 is 0 Å². The van der Waals surface area contributed by atoms with Crippen LogP contribution < -0.4 is 4.74 Å². The van der Waals surface area contributed by atoms with Crippen molar-refractivity contribution in [2.45, 2.75) is 0 Å². The highest BCUT2D eigenvalue weighted by atomic mass is 19.1. The Balaban J connectivity index is 1.69. The average Bonchev–Trinajstić information content (AvgIpc) is 3.48. The Morgan fingerprint density at radius 3 is 2.50 bits per heavy atom. The molecule has 0 bridgehead atoms. The minimum Gasteiger partial charge on any atom is -0.494 e. The number of hydrogen-bond donors (Lipinski definition) is 0. The molecule has 0 fully saturated rings. The van der Waals surface area contributed by atoms with Crippen LogP contribution in [0.3, 0.4) is 0 Å². The van der Waals surface area contributed by atoms with E-state index in [0.29, 0.717) is 17.0 Å². The molecule has 0 N–H and O–H groups in total. The average molecular weight is 430 g/mol. The summed E-state index contributed by atoms with van der Waals surface area (Å²) in [5, 5.41) is 8.40. The Morgan fingerprint density at radius 1 is 0.906 bits per heavy atom. The van der Waals surface area contributed by atoms with Gasteiger partial charge in [-0.2, -0.15) is 10.1 Å². The van der Waals surface area contributed by atoms with Crippen LogP contribution in [-0.4, -0.2) is 27.0 Å². The van der Waals surface area contributed by atoms with Crippen molar-refractivity contribution in [1.29, 1.82) is 0 Å². The molecule has 0 spiro atoms. The van der Waals surface area contributed by atoms with E-state index in [1.165, 1.54) is 0 Å². The summed E-state index contributed by atoms with van der Waals surface area (Å²) in [6, 6.07) is 20.1. The summed E-state index contributed by atoms with van der Waals surface area (Å²) in [5.74, 6) is -0.537. The number of methoxy groups -OCH3 is 1. The molecular formula is C24H16F2N4O2. The molecule has 0 unspecified atom stereocenters. The first-order valence-corrected chi connectivity index (χ1v) is 9.72. The highest BCUT2D eigenvalue weighted by Crippen LogP contribution is 2.36. The lowest BCUT2D eigenvalue weighted by molar-refractivity contribution is 0.412. The van der Waals surface area contributed by atoms with Gasteiger partial charge in [-0.05, 0) is 30.3 Å². The highest BCUT2D eigenvalue weighted by Gasteiger charge is 2.23. The summed E-state index contributed by atoms with van der Waals surface area (Å²) < 4.78 is 40.5. The Hall–Kier alpha value is -4.33. The van der Waals surface area contributed by atoms with Gasteiger partial charge in [-0.1, -0.05) is 47.6 Å². The van der Waals surface area contributed by atoms with Gasteiger partial charge in [0, 0.05) is 5.56 Å². The van der Waals surface area contributed by atoms with Gasteiger partial charge in [0.05, 0.1) is 30.1 Å². The molecule has 5 aromatic rings. The molecule has 0 saturated heterocycles. The van der Waals surface area contributed by atoms with Crippen LogP contribution in [0.5, 0.6) is 5.75 Å². The number of hydrogen-bond acceptors (Lipinski definition) is 5. The topological polar surface area (TPSA) is 66.0 Å². The first-order valence-electron chi connectivity index (χ1n) is 9.72. The standard InChI is InChI=1S/C24H16F2N4O2/c1-31-21-10-6-5-9-20(21)30-22(15-7-3-2-4-8-15)18(14-27-30)24-28-23(29-32-24)17-13-16(25)11-12-19(17)26/h2-14H,1H3. The van der Waals surface area contributed by atoms with Crippen molar-refractivity contribution in [2.75, 3.05) is 7.11 Å². The molecule has 2 heterocycles. The van der Waals surface area contributed by atoms with Crippen LogP contribution in [0.25, 0.3) is 39.8 Å². The minimum atomic E-state index is -0.647. The smallest absolute Gasteiger partial charge is 0.262 e. The molecule has 0 aliphatic rings. The van der Waals surface area contributed by atoms with Crippen molar-refractivity contribution < 1.29 is 18.0 Å². The Bertz CT molecular complexity index is 1400. The normalized spacial score (nSPS) is 11.0. The molecule has 0 aliphatic carbocycles. The number of halogens is 2. The van der Waals surface area contributed by atoms with Gasteiger partial charge in [0.15, 0.2) is 0 Å². The van der Waals surface area contributed by atoms with Crippen molar-refractivity contribution in [1.82, 2.24) is 19.9 Å². The summed E-state index contributed by atoms with van der Waals surface area (Å²) in [5.41, 5.74) is 2.71. The Morgan fingerprint density at radius 2 is 1.69 bits per heavy atom. The predicted molar refractivity (Wildman–Crippen MR) is 114 cm³/mol. The maximum absolute atomic E-state index is 14.2. The second-order valence-corrected chi connectivity index (χ2v) is 6.90. The Labute approximate surface area is 181 Å². The molecular weight excluding hydrogens is 414 g/mol. The van der Waals surface area contributed by atoms with Crippen molar-refractivity contribution in [3.63, 3.8) is 0 Å². The fraction of sp³-hybridized carbons (Fsp3) is 0.0417. The second kappa shape index (κ2) is 8.07. The summed E-state index contributed by atoms with van der Waals surface area (Å²) in [6.45, 7) is 0. The SMILES string of the molecule is COc1ccccc1-n1ncc(-c2nc(-c3cc(F)ccc3F)no2)c1-c1ccccc1. The lowest BCUT2D eigenvalue weighted by Crippen LogP contribution is -2.02. The molecule has 0 radical (unpaired) electrons. The number of para-hydroxylation sites is 2. The summed E-state index contributed by atoms with van der Waals surface area (Å²) >= 11 is 0. The quantitative estimate of drug-likeness (QED) is 0.366. The van der Waals surface area contributed by atoms with Gasteiger partial charge < -0.3 is 9.26 Å². The first kappa shape index (κ1) is 19.6. The molecule has 2 aromatic heterocycles. The van der Waals surface area contributed by atoms with E-state index in [9.17, 15) is 8.78 Å². The summed E-state index contributed by atoms with van der Waals surface area (Å²) in [4.78, 5) is 4.32. The monoisotopic (exact) mass is 430 g/mol. The molecule has 0 aliphatic heterocycles. The maximum atomic E-state index is 14.2. The van der Waals surface area contributed by atoms with E-state index in [1.807, 2.05) is 54.6 Å².